The van der Waals surface area contributed by atoms with E-state index in [1.807, 2.05) is 45.0 Å². The molecule has 0 aliphatic carbocycles. The van der Waals surface area contributed by atoms with Crippen LogP contribution in [0, 0.1) is 13.8 Å². The molecule has 142 valence electrons. The molecule has 2 aromatic rings. The van der Waals surface area contributed by atoms with Crippen molar-refractivity contribution < 1.29 is 9.15 Å². The first-order valence-electron chi connectivity index (χ1n) is 8.40. The lowest BCUT2D eigenvalue weighted by Gasteiger charge is -2.11. The number of rotatable bonds is 8. The molecule has 0 fully saturated rings. The number of halogens is 1. The molecule has 26 heavy (non-hydrogen) atoms. The summed E-state index contributed by atoms with van der Waals surface area (Å²) in [6, 6.07) is 7.87. The fraction of sp³-hybridized carbons (Fsp3) is 0.368. The van der Waals surface area contributed by atoms with Gasteiger partial charge in [-0.05, 0) is 26.8 Å². The van der Waals surface area contributed by atoms with E-state index in [1.165, 1.54) is 0 Å². The second-order valence-electron chi connectivity index (χ2n) is 5.51. The van der Waals surface area contributed by atoms with Gasteiger partial charge >= 0.3 is 0 Å². The second kappa shape index (κ2) is 11.6. The SMILES string of the molecule is C=CCOc1ccccc1CN=C(NCC)NCc1nc(C)c(C)o1.I. The summed E-state index contributed by atoms with van der Waals surface area (Å²) < 4.78 is 11.3. The number of nitrogens with one attached hydrogen (secondary N) is 2. The Kier molecular flexibility index (Phi) is 9.79. The highest BCUT2D eigenvalue weighted by molar-refractivity contribution is 14.0. The summed E-state index contributed by atoms with van der Waals surface area (Å²) in [5.74, 6) is 3.01. The molecule has 0 aliphatic heterocycles. The number of benzene rings is 1. The first-order chi connectivity index (χ1) is 12.1. The van der Waals surface area contributed by atoms with E-state index < -0.39 is 0 Å². The van der Waals surface area contributed by atoms with E-state index in [4.69, 9.17) is 9.15 Å². The zero-order valence-corrected chi connectivity index (χ0v) is 17.9. The van der Waals surface area contributed by atoms with E-state index in [0.29, 0.717) is 31.5 Å². The van der Waals surface area contributed by atoms with Crippen molar-refractivity contribution in [3.05, 3.63) is 59.8 Å². The van der Waals surface area contributed by atoms with Gasteiger partial charge in [0.25, 0.3) is 0 Å². The minimum Gasteiger partial charge on any atom is -0.489 e. The second-order valence-corrected chi connectivity index (χ2v) is 5.51. The lowest BCUT2D eigenvalue weighted by Crippen LogP contribution is -2.36. The van der Waals surface area contributed by atoms with Crippen molar-refractivity contribution in [1.82, 2.24) is 15.6 Å². The Morgan fingerprint density at radius 3 is 2.73 bits per heavy atom. The number of oxazole rings is 1. The van der Waals surface area contributed by atoms with Gasteiger partial charge in [-0.3, -0.25) is 0 Å². The molecule has 0 saturated carbocycles. The van der Waals surface area contributed by atoms with E-state index >= 15 is 0 Å². The molecular weight excluding hydrogens is 443 g/mol. The third kappa shape index (κ3) is 6.70. The van der Waals surface area contributed by atoms with Crippen LogP contribution in [0.3, 0.4) is 0 Å². The first-order valence-corrected chi connectivity index (χ1v) is 8.40. The number of hydrogen-bond acceptors (Lipinski definition) is 4. The number of aromatic nitrogens is 1. The zero-order valence-electron chi connectivity index (χ0n) is 15.5. The van der Waals surface area contributed by atoms with Crippen molar-refractivity contribution in [2.24, 2.45) is 4.99 Å². The van der Waals surface area contributed by atoms with Crippen LogP contribution >= 0.6 is 24.0 Å². The smallest absolute Gasteiger partial charge is 0.214 e. The van der Waals surface area contributed by atoms with E-state index in [2.05, 4.69) is 27.2 Å². The molecule has 0 unspecified atom stereocenters. The topological polar surface area (TPSA) is 71.7 Å². The lowest BCUT2D eigenvalue weighted by molar-refractivity contribution is 0.359. The molecule has 0 atom stereocenters. The highest BCUT2D eigenvalue weighted by Gasteiger charge is 2.07. The molecule has 1 aromatic carbocycles. The van der Waals surface area contributed by atoms with Gasteiger partial charge in [0, 0.05) is 12.1 Å². The number of aryl methyl sites for hydroxylation is 2. The summed E-state index contributed by atoms with van der Waals surface area (Å²) in [5, 5.41) is 6.46. The predicted molar refractivity (Wildman–Crippen MR) is 115 cm³/mol. The van der Waals surface area contributed by atoms with Crippen LogP contribution in [0.2, 0.25) is 0 Å². The molecule has 1 heterocycles. The zero-order chi connectivity index (χ0) is 18.1. The summed E-state index contributed by atoms with van der Waals surface area (Å²) >= 11 is 0. The Morgan fingerprint density at radius 2 is 2.08 bits per heavy atom. The molecule has 0 spiro atoms. The van der Waals surface area contributed by atoms with Gasteiger partial charge in [0.05, 0.1) is 18.8 Å². The van der Waals surface area contributed by atoms with Crippen LogP contribution in [-0.2, 0) is 13.1 Å². The van der Waals surface area contributed by atoms with Crippen LogP contribution in [0.4, 0.5) is 0 Å². The summed E-state index contributed by atoms with van der Waals surface area (Å²) in [6.07, 6.45) is 1.73. The Hall–Kier alpha value is -2.03. The molecule has 0 amide bonds. The number of nitrogens with zero attached hydrogens (tertiary/aromatic N) is 2. The Balaban J connectivity index is 0.00000338. The highest BCUT2D eigenvalue weighted by atomic mass is 127. The Bertz CT molecular complexity index is 709. The minimum absolute atomic E-state index is 0. The van der Waals surface area contributed by atoms with Crippen molar-refractivity contribution >= 4 is 29.9 Å². The maximum Gasteiger partial charge on any atom is 0.214 e. The van der Waals surface area contributed by atoms with Crippen LogP contribution in [0.5, 0.6) is 5.75 Å². The standard InChI is InChI=1S/C19H26N4O2.HI/c1-5-11-24-17-10-8-7-9-16(17)12-21-19(20-6-2)22-13-18-23-14(3)15(4)25-18;/h5,7-10H,1,6,11-13H2,2-4H3,(H2,20,21,22);1H. The van der Waals surface area contributed by atoms with Crippen molar-refractivity contribution in [2.45, 2.75) is 33.9 Å². The molecule has 2 N–H and O–H groups in total. The van der Waals surface area contributed by atoms with Crippen molar-refractivity contribution in [1.29, 1.82) is 0 Å². The maximum absolute atomic E-state index is 5.67. The van der Waals surface area contributed by atoms with Crippen molar-refractivity contribution in [2.75, 3.05) is 13.2 Å². The van der Waals surface area contributed by atoms with Gasteiger partial charge in [-0.15, -0.1) is 24.0 Å². The van der Waals surface area contributed by atoms with Gasteiger partial charge in [0.15, 0.2) is 5.96 Å². The van der Waals surface area contributed by atoms with Crippen molar-refractivity contribution in [3.8, 4) is 5.75 Å². The molecule has 6 nitrogen and oxygen atoms in total. The molecule has 0 saturated heterocycles. The average Bonchev–Trinajstić information content (AvgIpc) is 2.94. The molecule has 0 radical (unpaired) electrons. The Morgan fingerprint density at radius 1 is 1.31 bits per heavy atom. The van der Waals surface area contributed by atoms with Gasteiger partial charge in [0.1, 0.15) is 18.1 Å². The van der Waals surface area contributed by atoms with Crippen LogP contribution < -0.4 is 15.4 Å². The van der Waals surface area contributed by atoms with Gasteiger partial charge in [-0.2, -0.15) is 0 Å². The van der Waals surface area contributed by atoms with Gasteiger partial charge in [-0.25, -0.2) is 9.98 Å². The first kappa shape index (κ1) is 22.0. The molecule has 1 aromatic heterocycles. The summed E-state index contributed by atoms with van der Waals surface area (Å²) in [5.41, 5.74) is 1.93. The fourth-order valence-corrected chi connectivity index (χ4v) is 2.20. The number of para-hydroxylation sites is 1. The molecular formula is C19H27IN4O2. The van der Waals surface area contributed by atoms with E-state index in [0.717, 1.165) is 29.3 Å². The molecule has 7 heteroatoms. The maximum atomic E-state index is 5.67. The van der Waals surface area contributed by atoms with Crippen LogP contribution in [0.15, 0.2) is 46.3 Å². The largest absolute Gasteiger partial charge is 0.489 e. The van der Waals surface area contributed by atoms with Crippen LogP contribution in [0.25, 0.3) is 0 Å². The summed E-state index contributed by atoms with van der Waals surface area (Å²) in [7, 11) is 0. The summed E-state index contributed by atoms with van der Waals surface area (Å²) in [4.78, 5) is 8.98. The normalized spacial score (nSPS) is 10.8. The van der Waals surface area contributed by atoms with E-state index in [9.17, 15) is 0 Å². The number of aliphatic imine (C=N–C) groups is 1. The third-order valence-corrected chi connectivity index (χ3v) is 3.56. The van der Waals surface area contributed by atoms with E-state index in [1.54, 1.807) is 6.08 Å². The van der Waals surface area contributed by atoms with Crippen molar-refractivity contribution in [3.63, 3.8) is 0 Å². The quantitative estimate of drug-likeness (QED) is 0.266. The number of hydrogen-bond donors (Lipinski definition) is 2. The van der Waals surface area contributed by atoms with Gasteiger partial charge < -0.3 is 19.8 Å². The molecule has 0 bridgehead atoms. The lowest BCUT2D eigenvalue weighted by atomic mass is 10.2. The average molecular weight is 470 g/mol. The van der Waals surface area contributed by atoms with E-state index in [-0.39, 0.29) is 24.0 Å². The predicted octanol–water partition coefficient (Wildman–Crippen LogP) is 3.73. The van der Waals surface area contributed by atoms with Gasteiger partial charge in [0.2, 0.25) is 5.89 Å². The molecule has 2 rings (SSSR count). The number of ether oxygens (including phenoxy) is 1. The van der Waals surface area contributed by atoms with Crippen LogP contribution in [-0.4, -0.2) is 24.1 Å². The van der Waals surface area contributed by atoms with Gasteiger partial charge in [-0.1, -0.05) is 30.9 Å². The highest BCUT2D eigenvalue weighted by Crippen LogP contribution is 2.18. The monoisotopic (exact) mass is 470 g/mol. The number of guanidine groups is 1. The Labute approximate surface area is 172 Å². The fourth-order valence-electron chi connectivity index (χ4n) is 2.20. The third-order valence-electron chi connectivity index (χ3n) is 3.56. The summed E-state index contributed by atoms with van der Waals surface area (Å²) in [6.45, 7) is 11.8. The minimum atomic E-state index is 0. The van der Waals surface area contributed by atoms with Crippen LogP contribution in [0.1, 0.15) is 29.8 Å². The molecule has 0 aliphatic rings.